The van der Waals surface area contributed by atoms with Crippen LogP contribution < -0.4 is 5.73 Å². The van der Waals surface area contributed by atoms with E-state index in [9.17, 15) is 0 Å². The number of nitrogens with two attached hydrogens (primary N) is 1. The summed E-state index contributed by atoms with van der Waals surface area (Å²) in [5.41, 5.74) is 7.30. The molecule has 1 heterocycles. The van der Waals surface area contributed by atoms with Crippen LogP contribution in [0.2, 0.25) is 0 Å². The van der Waals surface area contributed by atoms with E-state index in [4.69, 9.17) is 5.73 Å². The second kappa shape index (κ2) is 6.72. The van der Waals surface area contributed by atoms with Crippen molar-refractivity contribution in [1.82, 2.24) is 9.88 Å². The van der Waals surface area contributed by atoms with Crippen molar-refractivity contribution >= 4 is 0 Å². The van der Waals surface area contributed by atoms with Crippen molar-refractivity contribution < 1.29 is 0 Å². The summed E-state index contributed by atoms with van der Waals surface area (Å²) in [6.07, 6.45) is 4.11. The van der Waals surface area contributed by atoms with Crippen molar-refractivity contribution in [3.8, 4) is 0 Å². The van der Waals surface area contributed by atoms with Crippen LogP contribution in [0.15, 0.2) is 24.4 Å². The Hall–Kier alpha value is -0.930. The number of hydrogen-bond acceptors (Lipinski definition) is 3. The van der Waals surface area contributed by atoms with Crippen molar-refractivity contribution in [3.05, 3.63) is 30.1 Å². The van der Waals surface area contributed by atoms with Gasteiger partial charge in [0.1, 0.15) is 0 Å². The molecule has 0 fully saturated rings. The van der Waals surface area contributed by atoms with Gasteiger partial charge in [0.2, 0.25) is 0 Å². The van der Waals surface area contributed by atoms with Crippen molar-refractivity contribution in [1.29, 1.82) is 0 Å². The third kappa shape index (κ3) is 4.10. The Morgan fingerprint density at radius 2 is 2.00 bits per heavy atom. The van der Waals surface area contributed by atoms with Gasteiger partial charge in [-0.15, -0.1) is 0 Å². The first kappa shape index (κ1) is 14.1. The molecule has 0 spiro atoms. The van der Waals surface area contributed by atoms with Crippen molar-refractivity contribution in [2.75, 3.05) is 20.1 Å². The van der Waals surface area contributed by atoms with E-state index in [2.05, 4.69) is 36.8 Å². The molecule has 1 aromatic rings. The average Bonchev–Trinajstić information content (AvgIpc) is 2.37. The summed E-state index contributed by atoms with van der Waals surface area (Å²) >= 11 is 0. The second-order valence-electron chi connectivity index (χ2n) is 4.90. The fraction of sp³-hybridized carbons (Fsp3) is 0.643. The highest BCUT2D eigenvalue weighted by Crippen LogP contribution is 2.26. The normalized spacial score (nSPS) is 12.1. The zero-order valence-corrected chi connectivity index (χ0v) is 11.3. The van der Waals surface area contributed by atoms with Crippen LogP contribution in [0.3, 0.4) is 0 Å². The Kier molecular flexibility index (Phi) is 5.59. The van der Waals surface area contributed by atoms with Gasteiger partial charge < -0.3 is 5.73 Å². The largest absolute Gasteiger partial charge is 0.330 e. The second-order valence-corrected chi connectivity index (χ2v) is 4.90. The van der Waals surface area contributed by atoms with E-state index in [0.29, 0.717) is 0 Å². The van der Waals surface area contributed by atoms with Gasteiger partial charge in [0.05, 0.1) is 5.69 Å². The molecule has 0 aromatic carbocycles. The van der Waals surface area contributed by atoms with Crippen LogP contribution >= 0.6 is 0 Å². The van der Waals surface area contributed by atoms with Crippen molar-refractivity contribution in [3.63, 3.8) is 0 Å². The number of rotatable bonds is 7. The molecule has 0 amide bonds. The lowest BCUT2D eigenvalue weighted by Crippen LogP contribution is -2.40. The monoisotopic (exact) mass is 235 g/mol. The molecular formula is C14H25N3. The summed E-state index contributed by atoms with van der Waals surface area (Å²) in [6.45, 7) is 7.14. The van der Waals surface area contributed by atoms with E-state index in [0.717, 1.165) is 38.2 Å². The summed E-state index contributed by atoms with van der Waals surface area (Å²) < 4.78 is 0. The van der Waals surface area contributed by atoms with Crippen LogP contribution in [0, 0.1) is 5.41 Å². The molecule has 2 N–H and O–H groups in total. The van der Waals surface area contributed by atoms with Gasteiger partial charge in [0, 0.05) is 19.3 Å². The predicted molar refractivity (Wildman–Crippen MR) is 72.6 cm³/mol. The average molecular weight is 235 g/mol. The molecule has 0 aliphatic carbocycles. The first-order valence-corrected chi connectivity index (χ1v) is 6.44. The summed E-state index contributed by atoms with van der Waals surface area (Å²) in [5.74, 6) is 0. The third-order valence-electron chi connectivity index (χ3n) is 3.70. The van der Waals surface area contributed by atoms with E-state index in [-0.39, 0.29) is 5.41 Å². The molecule has 3 nitrogen and oxygen atoms in total. The fourth-order valence-corrected chi connectivity index (χ4v) is 2.22. The SMILES string of the molecule is CCC(CC)(CN)CN(C)Cc1ccccn1. The van der Waals surface area contributed by atoms with Gasteiger partial charge >= 0.3 is 0 Å². The third-order valence-corrected chi connectivity index (χ3v) is 3.70. The summed E-state index contributed by atoms with van der Waals surface area (Å²) in [7, 11) is 2.14. The van der Waals surface area contributed by atoms with Gasteiger partial charge in [0.25, 0.3) is 0 Å². The maximum absolute atomic E-state index is 5.93. The quantitative estimate of drug-likeness (QED) is 0.788. The lowest BCUT2D eigenvalue weighted by Gasteiger charge is -2.34. The lowest BCUT2D eigenvalue weighted by molar-refractivity contribution is 0.161. The molecule has 1 rings (SSSR count). The molecule has 0 unspecified atom stereocenters. The Morgan fingerprint density at radius 1 is 1.29 bits per heavy atom. The first-order valence-electron chi connectivity index (χ1n) is 6.44. The Labute approximate surface area is 105 Å². The molecule has 0 bridgehead atoms. The minimum atomic E-state index is 0.254. The zero-order valence-electron chi connectivity index (χ0n) is 11.3. The van der Waals surface area contributed by atoms with Crippen molar-refractivity contribution in [2.45, 2.75) is 33.2 Å². The summed E-state index contributed by atoms with van der Waals surface area (Å²) in [6, 6.07) is 6.05. The number of pyridine rings is 1. The highest BCUT2D eigenvalue weighted by molar-refractivity contribution is 5.03. The van der Waals surface area contributed by atoms with Crippen LogP contribution in [0.1, 0.15) is 32.4 Å². The highest BCUT2D eigenvalue weighted by Gasteiger charge is 2.25. The van der Waals surface area contributed by atoms with Gasteiger partial charge in [-0.1, -0.05) is 19.9 Å². The van der Waals surface area contributed by atoms with E-state index in [1.54, 1.807) is 0 Å². The molecule has 0 radical (unpaired) electrons. The van der Waals surface area contributed by atoms with Gasteiger partial charge in [-0.2, -0.15) is 0 Å². The van der Waals surface area contributed by atoms with E-state index < -0.39 is 0 Å². The number of hydrogen-bond donors (Lipinski definition) is 1. The highest BCUT2D eigenvalue weighted by atomic mass is 15.1. The number of aromatic nitrogens is 1. The summed E-state index contributed by atoms with van der Waals surface area (Å²) in [5, 5.41) is 0. The predicted octanol–water partition coefficient (Wildman–Crippen LogP) is 2.28. The molecule has 17 heavy (non-hydrogen) atoms. The van der Waals surface area contributed by atoms with Crippen LogP contribution in [0.5, 0.6) is 0 Å². The van der Waals surface area contributed by atoms with Gasteiger partial charge in [-0.25, -0.2) is 0 Å². The standard InChI is InChI=1S/C14H25N3/c1-4-14(5-2,11-15)12-17(3)10-13-8-6-7-9-16-13/h6-9H,4-5,10-12,15H2,1-3H3. The molecular weight excluding hydrogens is 210 g/mol. The molecule has 96 valence electrons. The van der Waals surface area contributed by atoms with Crippen molar-refractivity contribution in [2.24, 2.45) is 11.1 Å². The Morgan fingerprint density at radius 3 is 2.47 bits per heavy atom. The molecule has 0 aliphatic rings. The Bertz CT molecular complexity index is 298. The van der Waals surface area contributed by atoms with Gasteiger partial charge in [0.15, 0.2) is 0 Å². The minimum Gasteiger partial charge on any atom is -0.330 e. The molecule has 0 aliphatic heterocycles. The van der Waals surface area contributed by atoms with Gasteiger partial charge in [-0.05, 0) is 44.0 Å². The molecule has 0 saturated heterocycles. The smallest absolute Gasteiger partial charge is 0.0543 e. The molecule has 3 heteroatoms. The first-order chi connectivity index (χ1) is 8.15. The summed E-state index contributed by atoms with van der Waals surface area (Å²) in [4.78, 5) is 6.67. The fourth-order valence-electron chi connectivity index (χ4n) is 2.22. The van der Waals surface area contributed by atoms with E-state index in [1.807, 2.05) is 18.3 Å². The van der Waals surface area contributed by atoms with Crippen LogP contribution in [-0.4, -0.2) is 30.0 Å². The van der Waals surface area contributed by atoms with Gasteiger partial charge in [-0.3, -0.25) is 9.88 Å². The molecule has 0 saturated carbocycles. The van der Waals surface area contributed by atoms with Crippen LogP contribution in [-0.2, 0) is 6.54 Å². The molecule has 0 atom stereocenters. The van der Waals surface area contributed by atoms with Crippen LogP contribution in [0.4, 0.5) is 0 Å². The number of nitrogens with zero attached hydrogens (tertiary/aromatic N) is 2. The topological polar surface area (TPSA) is 42.1 Å². The molecule has 1 aromatic heterocycles. The van der Waals surface area contributed by atoms with E-state index >= 15 is 0 Å². The zero-order chi connectivity index (χ0) is 12.7. The lowest BCUT2D eigenvalue weighted by atomic mass is 9.82. The minimum absolute atomic E-state index is 0.254. The van der Waals surface area contributed by atoms with E-state index in [1.165, 1.54) is 0 Å². The maximum Gasteiger partial charge on any atom is 0.0543 e. The maximum atomic E-state index is 5.93. The Balaban J connectivity index is 2.56. The van der Waals surface area contributed by atoms with Crippen LogP contribution in [0.25, 0.3) is 0 Å².